The number of aliphatic hydroxyl groups is 1. The van der Waals surface area contributed by atoms with Gasteiger partial charge in [0, 0.05) is 26.3 Å². The molecule has 0 radical (unpaired) electrons. The first-order valence-electron chi connectivity index (χ1n) is 5.17. The molecule has 0 aliphatic carbocycles. The number of anilines is 3. The molecule has 1 aromatic rings. The molecule has 0 unspecified atom stereocenters. The molecule has 8 heteroatoms. The van der Waals surface area contributed by atoms with Crippen LogP contribution in [0.25, 0.3) is 0 Å². The Morgan fingerprint density at radius 3 is 2.82 bits per heavy atom. The van der Waals surface area contributed by atoms with Crippen molar-refractivity contribution < 1.29 is 9.84 Å². The number of ether oxygens (including phenoxy) is 1. The Labute approximate surface area is 99.6 Å². The van der Waals surface area contributed by atoms with E-state index in [0.717, 1.165) is 0 Å². The molecule has 1 rings (SSSR count). The second-order valence-corrected chi connectivity index (χ2v) is 3.32. The van der Waals surface area contributed by atoms with Crippen molar-refractivity contribution in [3.63, 3.8) is 0 Å². The molecule has 0 atom stereocenters. The van der Waals surface area contributed by atoms with Gasteiger partial charge in [-0.3, -0.25) is 0 Å². The fraction of sp³-hybridized carbons (Fsp3) is 0.556. The zero-order valence-corrected chi connectivity index (χ0v) is 9.76. The second kappa shape index (κ2) is 6.84. The lowest BCUT2D eigenvalue weighted by atomic mass is 10.4. The maximum Gasteiger partial charge on any atom is 0.223 e. The number of nitrogen functional groups attached to an aromatic ring is 2. The van der Waals surface area contributed by atoms with Crippen LogP contribution in [0.4, 0.5) is 17.6 Å². The standard InChI is InChI=1S/C9H18N6O2/c1-17-5-3-15(2-4-16)8-6-7(14-11)12-9(10)13-8/h6,16H,2-5,11H2,1H3,(H3,10,12,13,14). The molecule has 1 heterocycles. The van der Waals surface area contributed by atoms with Crippen LogP contribution in [0.3, 0.4) is 0 Å². The minimum absolute atomic E-state index is 0.0129. The van der Waals surface area contributed by atoms with E-state index in [0.29, 0.717) is 31.3 Å². The van der Waals surface area contributed by atoms with Crippen molar-refractivity contribution in [1.29, 1.82) is 0 Å². The predicted octanol–water partition coefficient (Wildman–Crippen LogP) is -1.21. The largest absolute Gasteiger partial charge is 0.395 e. The Kier molecular flexibility index (Phi) is 5.40. The quantitative estimate of drug-likeness (QED) is 0.347. The van der Waals surface area contributed by atoms with E-state index in [-0.39, 0.29) is 12.6 Å². The van der Waals surface area contributed by atoms with Crippen LogP contribution in [0.5, 0.6) is 0 Å². The van der Waals surface area contributed by atoms with Crippen molar-refractivity contribution in [2.45, 2.75) is 0 Å². The lowest BCUT2D eigenvalue weighted by molar-refractivity contribution is 0.202. The van der Waals surface area contributed by atoms with E-state index in [1.165, 1.54) is 0 Å². The van der Waals surface area contributed by atoms with Crippen molar-refractivity contribution >= 4 is 17.6 Å². The molecule has 8 nitrogen and oxygen atoms in total. The second-order valence-electron chi connectivity index (χ2n) is 3.32. The number of rotatable bonds is 7. The molecule has 1 aromatic heterocycles. The van der Waals surface area contributed by atoms with Crippen LogP contribution < -0.4 is 21.9 Å². The van der Waals surface area contributed by atoms with Crippen molar-refractivity contribution in [3.05, 3.63) is 6.07 Å². The van der Waals surface area contributed by atoms with Gasteiger partial charge in [0.25, 0.3) is 0 Å². The molecule has 0 amide bonds. The van der Waals surface area contributed by atoms with Gasteiger partial charge in [0.1, 0.15) is 11.6 Å². The molecule has 6 N–H and O–H groups in total. The van der Waals surface area contributed by atoms with E-state index < -0.39 is 0 Å². The smallest absolute Gasteiger partial charge is 0.223 e. The Hall–Kier alpha value is -1.64. The lowest BCUT2D eigenvalue weighted by Gasteiger charge is -2.22. The fourth-order valence-corrected chi connectivity index (χ4v) is 1.35. The summed E-state index contributed by atoms with van der Waals surface area (Å²) in [7, 11) is 1.61. The zero-order chi connectivity index (χ0) is 12.7. The summed E-state index contributed by atoms with van der Waals surface area (Å²) >= 11 is 0. The molecule has 0 fully saturated rings. The summed E-state index contributed by atoms with van der Waals surface area (Å²) in [6.07, 6.45) is 0. The van der Waals surface area contributed by atoms with Gasteiger partial charge >= 0.3 is 0 Å². The Morgan fingerprint density at radius 1 is 1.47 bits per heavy atom. The van der Waals surface area contributed by atoms with Crippen LogP contribution in [0, 0.1) is 0 Å². The molecular weight excluding hydrogens is 224 g/mol. The first-order chi connectivity index (χ1) is 8.21. The third-order valence-corrected chi connectivity index (χ3v) is 2.14. The molecule has 96 valence electrons. The number of nitrogens with zero attached hydrogens (tertiary/aromatic N) is 3. The molecule has 0 saturated carbocycles. The van der Waals surface area contributed by atoms with Crippen LogP contribution in [0.2, 0.25) is 0 Å². The topological polar surface area (TPSA) is 123 Å². The summed E-state index contributed by atoms with van der Waals surface area (Å²) in [5.74, 6) is 6.41. The highest BCUT2D eigenvalue weighted by Crippen LogP contribution is 2.15. The first kappa shape index (κ1) is 13.4. The number of hydrogen-bond acceptors (Lipinski definition) is 8. The molecule has 0 spiro atoms. The van der Waals surface area contributed by atoms with Crippen LogP contribution in [0.1, 0.15) is 0 Å². The number of hydrogen-bond donors (Lipinski definition) is 4. The third-order valence-electron chi connectivity index (χ3n) is 2.14. The van der Waals surface area contributed by atoms with Crippen LogP contribution in [0.15, 0.2) is 6.07 Å². The molecule has 0 saturated heterocycles. The number of nitrogens with one attached hydrogen (secondary N) is 1. The van der Waals surface area contributed by atoms with E-state index >= 15 is 0 Å². The molecule has 0 aliphatic heterocycles. The number of aliphatic hydroxyl groups excluding tert-OH is 1. The summed E-state index contributed by atoms with van der Waals surface area (Å²) in [5, 5.41) is 9.00. The summed E-state index contributed by atoms with van der Waals surface area (Å²) in [6.45, 7) is 1.57. The van der Waals surface area contributed by atoms with Gasteiger partial charge in [0.15, 0.2) is 0 Å². The van der Waals surface area contributed by atoms with Gasteiger partial charge < -0.3 is 25.9 Å². The van der Waals surface area contributed by atoms with Gasteiger partial charge in [-0.1, -0.05) is 0 Å². The highest BCUT2D eigenvalue weighted by Gasteiger charge is 2.10. The predicted molar refractivity (Wildman–Crippen MR) is 65.4 cm³/mol. The number of hydrazine groups is 1. The van der Waals surface area contributed by atoms with Gasteiger partial charge in [-0.05, 0) is 0 Å². The highest BCUT2D eigenvalue weighted by atomic mass is 16.5. The highest BCUT2D eigenvalue weighted by molar-refractivity contribution is 5.52. The molecule has 17 heavy (non-hydrogen) atoms. The average molecular weight is 242 g/mol. The number of methoxy groups -OCH3 is 1. The van der Waals surface area contributed by atoms with E-state index in [4.69, 9.17) is 21.4 Å². The van der Waals surface area contributed by atoms with Crippen LogP contribution in [-0.4, -0.2) is 48.5 Å². The fourth-order valence-electron chi connectivity index (χ4n) is 1.35. The average Bonchev–Trinajstić information content (AvgIpc) is 2.33. The lowest BCUT2D eigenvalue weighted by Crippen LogP contribution is -2.31. The van der Waals surface area contributed by atoms with Gasteiger partial charge in [-0.25, -0.2) is 5.84 Å². The maximum absolute atomic E-state index is 9.00. The summed E-state index contributed by atoms with van der Waals surface area (Å²) < 4.78 is 4.99. The SMILES string of the molecule is COCCN(CCO)c1cc(NN)nc(N)n1. The molecule has 0 aromatic carbocycles. The van der Waals surface area contributed by atoms with E-state index in [2.05, 4.69) is 15.4 Å². The normalized spacial score (nSPS) is 10.3. The molecular formula is C9H18N6O2. The Bertz CT molecular complexity index is 348. The van der Waals surface area contributed by atoms with Gasteiger partial charge in [0.2, 0.25) is 5.95 Å². The summed E-state index contributed by atoms with van der Waals surface area (Å²) in [6, 6.07) is 1.65. The van der Waals surface area contributed by atoms with E-state index in [1.807, 2.05) is 4.90 Å². The van der Waals surface area contributed by atoms with E-state index in [1.54, 1.807) is 13.2 Å². The zero-order valence-electron chi connectivity index (χ0n) is 9.76. The number of aromatic nitrogens is 2. The third kappa shape index (κ3) is 4.02. The summed E-state index contributed by atoms with van der Waals surface area (Å²) in [5.41, 5.74) is 7.97. The van der Waals surface area contributed by atoms with Crippen molar-refractivity contribution in [2.75, 3.05) is 49.5 Å². The van der Waals surface area contributed by atoms with Crippen LogP contribution in [-0.2, 0) is 4.74 Å². The van der Waals surface area contributed by atoms with Crippen LogP contribution >= 0.6 is 0 Å². The molecule has 0 aliphatic rings. The van der Waals surface area contributed by atoms with Gasteiger partial charge in [0.05, 0.1) is 13.2 Å². The molecule has 0 bridgehead atoms. The first-order valence-corrected chi connectivity index (χ1v) is 5.17. The minimum Gasteiger partial charge on any atom is -0.395 e. The number of nitrogens with two attached hydrogens (primary N) is 2. The monoisotopic (exact) mass is 242 g/mol. The van der Waals surface area contributed by atoms with Gasteiger partial charge in [-0.2, -0.15) is 9.97 Å². The Morgan fingerprint density at radius 2 is 2.24 bits per heavy atom. The van der Waals surface area contributed by atoms with Crippen molar-refractivity contribution in [1.82, 2.24) is 9.97 Å². The maximum atomic E-state index is 9.00. The van der Waals surface area contributed by atoms with Crippen molar-refractivity contribution in [2.24, 2.45) is 5.84 Å². The van der Waals surface area contributed by atoms with Crippen molar-refractivity contribution in [3.8, 4) is 0 Å². The van der Waals surface area contributed by atoms with Gasteiger partial charge in [-0.15, -0.1) is 0 Å². The minimum atomic E-state index is 0.0129. The Balaban J connectivity index is 2.87. The summed E-state index contributed by atoms with van der Waals surface area (Å²) in [4.78, 5) is 9.80. The van der Waals surface area contributed by atoms with E-state index in [9.17, 15) is 0 Å².